The van der Waals surface area contributed by atoms with Gasteiger partial charge in [-0.15, -0.1) is 0 Å². The molecule has 0 aliphatic heterocycles. The molecule has 1 aromatic carbocycles. The molecular weight excluding hydrogens is 258 g/mol. The molecule has 0 radical (unpaired) electrons. The van der Waals surface area contributed by atoms with E-state index in [0.717, 1.165) is 24.4 Å². The summed E-state index contributed by atoms with van der Waals surface area (Å²) >= 11 is 1.48. The molecule has 0 unspecified atom stereocenters. The second-order valence-corrected chi connectivity index (χ2v) is 5.16. The summed E-state index contributed by atoms with van der Waals surface area (Å²) < 4.78 is 0. The minimum atomic E-state index is -0.126. The molecule has 0 spiro atoms. The van der Waals surface area contributed by atoms with Crippen LogP contribution in [-0.2, 0) is 6.54 Å². The molecule has 0 fully saturated rings. The minimum absolute atomic E-state index is 0.126. The van der Waals surface area contributed by atoms with E-state index in [0.29, 0.717) is 5.16 Å². The molecule has 5 heteroatoms. The van der Waals surface area contributed by atoms with Crippen LogP contribution in [0.4, 0.5) is 0 Å². The van der Waals surface area contributed by atoms with Crippen molar-refractivity contribution in [3.8, 4) is 0 Å². The van der Waals surface area contributed by atoms with E-state index in [1.54, 1.807) is 0 Å². The van der Waals surface area contributed by atoms with E-state index < -0.39 is 0 Å². The van der Waals surface area contributed by atoms with Crippen molar-refractivity contribution < 1.29 is 0 Å². The smallest absolute Gasteiger partial charge is 0.251 e. The van der Waals surface area contributed by atoms with Crippen LogP contribution in [0.5, 0.6) is 0 Å². The van der Waals surface area contributed by atoms with Gasteiger partial charge < -0.3 is 10.3 Å². The third kappa shape index (κ3) is 4.22. The van der Waals surface area contributed by atoms with E-state index in [-0.39, 0.29) is 5.56 Å². The maximum absolute atomic E-state index is 11.3. The first kappa shape index (κ1) is 13.8. The molecule has 2 rings (SSSR count). The highest BCUT2D eigenvalue weighted by atomic mass is 32.2. The molecule has 0 amide bonds. The van der Waals surface area contributed by atoms with Crippen LogP contribution >= 0.6 is 11.8 Å². The first-order valence-electron chi connectivity index (χ1n) is 6.31. The largest absolute Gasteiger partial charge is 0.313 e. The van der Waals surface area contributed by atoms with Gasteiger partial charge >= 0.3 is 0 Å². The van der Waals surface area contributed by atoms with Crippen LogP contribution in [0.3, 0.4) is 0 Å². The van der Waals surface area contributed by atoms with Gasteiger partial charge in [-0.2, -0.15) is 0 Å². The average molecular weight is 275 g/mol. The van der Waals surface area contributed by atoms with Crippen LogP contribution in [0.1, 0.15) is 18.9 Å². The SMILES string of the molecule is CCCNCc1ccccc1Sc1nccc(=O)[nH]1. The van der Waals surface area contributed by atoms with Gasteiger partial charge in [-0.05, 0) is 24.6 Å². The molecule has 4 nitrogen and oxygen atoms in total. The summed E-state index contributed by atoms with van der Waals surface area (Å²) in [6.07, 6.45) is 2.64. The Morgan fingerprint density at radius 3 is 2.95 bits per heavy atom. The Morgan fingerprint density at radius 2 is 2.16 bits per heavy atom. The third-order valence-electron chi connectivity index (χ3n) is 2.57. The van der Waals surface area contributed by atoms with Crippen LogP contribution in [0.25, 0.3) is 0 Å². The highest BCUT2D eigenvalue weighted by Crippen LogP contribution is 2.26. The fourth-order valence-electron chi connectivity index (χ4n) is 1.66. The van der Waals surface area contributed by atoms with Crippen molar-refractivity contribution in [2.75, 3.05) is 6.54 Å². The zero-order valence-electron chi connectivity index (χ0n) is 10.8. The zero-order valence-corrected chi connectivity index (χ0v) is 11.7. The summed E-state index contributed by atoms with van der Waals surface area (Å²) in [7, 11) is 0. The van der Waals surface area contributed by atoms with E-state index in [2.05, 4.69) is 28.3 Å². The average Bonchev–Trinajstić information content (AvgIpc) is 2.41. The van der Waals surface area contributed by atoms with Crippen molar-refractivity contribution in [3.05, 3.63) is 52.4 Å². The Kier molecular flexibility index (Phi) is 5.18. The summed E-state index contributed by atoms with van der Waals surface area (Å²) in [4.78, 5) is 19.3. The van der Waals surface area contributed by atoms with Crippen LogP contribution in [-0.4, -0.2) is 16.5 Å². The lowest BCUT2D eigenvalue weighted by molar-refractivity contribution is 0.669. The maximum Gasteiger partial charge on any atom is 0.251 e. The summed E-state index contributed by atoms with van der Waals surface area (Å²) in [5.41, 5.74) is 1.09. The van der Waals surface area contributed by atoms with Gasteiger partial charge in [0.15, 0.2) is 5.16 Å². The Bertz CT molecular complexity index is 583. The fourth-order valence-corrected chi connectivity index (χ4v) is 2.55. The Hall–Kier alpha value is -1.59. The van der Waals surface area contributed by atoms with Crippen LogP contribution in [0, 0.1) is 0 Å². The van der Waals surface area contributed by atoms with E-state index in [4.69, 9.17) is 0 Å². The fraction of sp³-hybridized carbons (Fsp3) is 0.286. The maximum atomic E-state index is 11.3. The van der Waals surface area contributed by atoms with Gasteiger partial charge in [0.1, 0.15) is 0 Å². The molecule has 0 aliphatic rings. The zero-order chi connectivity index (χ0) is 13.5. The van der Waals surface area contributed by atoms with Gasteiger partial charge in [0.25, 0.3) is 5.56 Å². The lowest BCUT2D eigenvalue weighted by Gasteiger charge is -2.09. The number of hydrogen-bond acceptors (Lipinski definition) is 4. The third-order valence-corrected chi connectivity index (χ3v) is 3.59. The number of benzene rings is 1. The quantitative estimate of drug-likeness (QED) is 0.628. The van der Waals surface area contributed by atoms with Crippen LogP contribution in [0.15, 0.2) is 51.4 Å². The van der Waals surface area contributed by atoms with Gasteiger partial charge in [-0.1, -0.05) is 36.9 Å². The van der Waals surface area contributed by atoms with Crippen LogP contribution < -0.4 is 10.9 Å². The molecule has 0 bridgehead atoms. The van der Waals surface area contributed by atoms with Crippen molar-refractivity contribution in [1.29, 1.82) is 0 Å². The van der Waals surface area contributed by atoms with Crippen molar-refractivity contribution in [1.82, 2.24) is 15.3 Å². The summed E-state index contributed by atoms with van der Waals surface area (Å²) in [5, 5.41) is 4.00. The lowest BCUT2D eigenvalue weighted by Crippen LogP contribution is -2.14. The van der Waals surface area contributed by atoms with Gasteiger partial charge in [-0.25, -0.2) is 4.98 Å². The Balaban J connectivity index is 2.13. The summed E-state index contributed by atoms with van der Waals surface area (Å²) in [5.74, 6) is 0. The Morgan fingerprint density at radius 1 is 1.32 bits per heavy atom. The second kappa shape index (κ2) is 7.11. The Labute approximate surface area is 116 Å². The molecule has 100 valence electrons. The molecule has 0 atom stereocenters. The van der Waals surface area contributed by atoms with E-state index in [1.807, 2.05) is 18.2 Å². The number of hydrogen-bond donors (Lipinski definition) is 2. The molecule has 2 N–H and O–H groups in total. The van der Waals surface area contributed by atoms with Gasteiger partial charge in [0.2, 0.25) is 0 Å². The standard InChI is InChI=1S/C14H17N3OS/c1-2-8-15-10-11-5-3-4-6-12(11)19-14-16-9-7-13(18)17-14/h3-7,9,15H,2,8,10H2,1H3,(H,16,17,18). The van der Waals surface area contributed by atoms with E-state index in [1.165, 1.54) is 29.6 Å². The molecular formula is C14H17N3OS. The van der Waals surface area contributed by atoms with E-state index in [9.17, 15) is 4.79 Å². The predicted octanol–water partition coefficient (Wildman–Crippen LogP) is 2.42. The lowest BCUT2D eigenvalue weighted by atomic mass is 10.2. The first-order valence-corrected chi connectivity index (χ1v) is 7.13. The molecule has 0 saturated carbocycles. The summed E-state index contributed by atoms with van der Waals surface area (Å²) in [6.45, 7) is 3.97. The van der Waals surface area contributed by atoms with Crippen molar-refractivity contribution in [2.45, 2.75) is 29.9 Å². The number of nitrogens with zero attached hydrogens (tertiary/aromatic N) is 1. The first-order chi connectivity index (χ1) is 9.29. The number of aromatic nitrogens is 2. The van der Waals surface area contributed by atoms with Gasteiger partial charge in [-0.3, -0.25) is 4.79 Å². The van der Waals surface area contributed by atoms with Crippen LogP contribution in [0.2, 0.25) is 0 Å². The van der Waals surface area contributed by atoms with Gasteiger partial charge in [0.05, 0.1) is 0 Å². The van der Waals surface area contributed by atoms with Crippen molar-refractivity contribution >= 4 is 11.8 Å². The number of aromatic amines is 1. The van der Waals surface area contributed by atoms with Crippen molar-refractivity contribution in [2.24, 2.45) is 0 Å². The predicted molar refractivity (Wildman–Crippen MR) is 77.4 cm³/mol. The molecule has 0 saturated heterocycles. The summed E-state index contributed by atoms with van der Waals surface area (Å²) in [6, 6.07) is 9.56. The molecule has 1 heterocycles. The minimum Gasteiger partial charge on any atom is -0.313 e. The van der Waals surface area contributed by atoms with Gasteiger partial charge in [0, 0.05) is 23.7 Å². The number of nitrogens with one attached hydrogen (secondary N) is 2. The van der Waals surface area contributed by atoms with Crippen molar-refractivity contribution in [3.63, 3.8) is 0 Å². The number of H-pyrrole nitrogens is 1. The molecule has 19 heavy (non-hydrogen) atoms. The number of rotatable bonds is 6. The topological polar surface area (TPSA) is 57.8 Å². The molecule has 0 aliphatic carbocycles. The second-order valence-electron chi connectivity index (χ2n) is 4.13. The monoisotopic (exact) mass is 275 g/mol. The van der Waals surface area contributed by atoms with E-state index >= 15 is 0 Å². The molecule has 2 aromatic rings. The highest BCUT2D eigenvalue weighted by molar-refractivity contribution is 7.99. The molecule has 1 aromatic heterocycles. The highest BCUT2D eigenvalue weighted by Gasteiger charge is 2.05. The normalized spacial score (nSPS) is 10.6.